The van der Waals surface area contributed by atoms with Crippen LogP contribution in [-0.4, -0.2) is 13.1 Å². The largest absolute Gasteiger partial charge is 0.367 e. The molecule has 1 aromatic carbocycles. The SMILES string of the molecule is CC(C)(C)C1=CCN(c2cccc(C#N)c2)CC1. The van der Waals surface area contributed by atoms with Gasteiger partial charge in [0.15, 0.2) is 0 Å². The molecule has 0 N–H and O–H groups in total. The second-order valence-electron chi connectivity index (χ2n) is 5.84. The van der Waals surface area contributed by atoms with E-state index in [1.165, 1.54) is 5.57 Å². The number of rotatable bonds is 1. The number of benzene rings is 1. The third-order valence-corrected chi connectivity index (χ3v) is 3.51. The van der Waals surface area contributed by atoms with Crippen molar-refractivity contribution in [2.75, 3.05) is 18.0 Å². The van der Waals surface area contributed by atoms with Gasteiger partial charge in [-0.05, 0) is 30.0 Å². The fourth-order valence-corrected chi connectivity index (χ4v) is 2.36. The Hall–Kier alpha value is -1.75. The summed E-state index contributed by atoms with van der Waals surface area (Å²) in [6.45, 7) is 8.79. The molecule has 0 aliphatic carbocycles. The maximum Gasteiger partial charge on any atom is 0.0992 e. The molecule has 94 valence electrons. The van der Waals surface area contributed by atoms with Gasteiger partial charge in [-0.2, -0.15) is 5.26 Å². The van der Waals surface area contributed by atoms with Gasteiger partial charge in [0.25, 0.3) is 0 Å². The predicted octanol–water partition coefficient (Wildman–Crippen LogP) is 3.74. The van der Waals surface area contributed by atoms with Crippen LogP contribution >= 0.6 is 0 Å². The maximum atomic E-state index is 8.93. The van der Waals surface area contributed by atoms with E-state index in [0.29, 0.717) is 0 Å². The monoisotopic (exact) mass is 240 g/mol. The topological polar surface area (TPSA) is 27.0 Å². The summed E-state index contributed by atoms with van der Waals surface area (Å²) in [5, 5.41) is 8.93. The van der Waals surface area contributed by atoms with E-state index in [9.17, 15) is 0 Å². The van der Waals surface area contributed by atoms with Crippen LogP contribution in [0.5, 0.6) is 0 Å². The van der Waals surface area contributed by atoms with Gasteiger partial charge in [0.2, 0.25) is 0 Å². The van der Waals surface area contributed by atoms with E-state index in [0.717, 1.165) is 30.8 Å². The van der Waals surface area contributed by atoms with Gasteiger partial charge >= 0.3 is 0 Å². The second kappa shape index (κ2) is 4.86. The van der Waals surface area contributed by atoms with Crippen LogP contribution in [0.2, 0.25) is 0 Å². The lowest BCUT2D eigenvalue weighted by atomic mass is 9.83. The van der Waals surface area contributed by atoms with Crippen LogP contribution in [0.3, 0.4) is 0 Å². The molecule has 0 saturated heterocycles. The molecule has 0 unspecified atom stereocenters. The zero-order valence-corrected chi connectivity index (χ0v) is 11.4. The molecule has 0 radical (unpaired) electrons. The summed E-state index contributed by atoms with van der Waals surface area (Å²) in [6.07, 6.45) is 3.45. The van der Waals surface area contributed by atoms with Crippen LogP contribution in [-0.2, 0) is 0 Å². The summed E-state index contributed by atoms with van der Waals surface area (Å²) < 4.78 is 0. The van der Waals surface area contributed by atoms with Crippen LogP contribution < -0.4 is 4.90 Å². The molecule has 18 heavy (non-hydrogen) atoms. The lowest BCUT2D eigenvalue weighted by Gasteiger charge is -2.33. The molecule has 0 bridgehead atoms. The van der Waals surface area contributed by atoms with Gasteiger partial charge in [0.1, 0.15) is 0 Å². The van der Waals surface area contributed by atoms with Crippen LogP contribution in [0.25, 0.3) is 0 Å². The van der Waals surface area contributed by atoms with Crippen LogP contribution in [0.15, 0.2) is 35.9 Å². The summed E-state index contributed by atoms with van der Waals surface area (Å²) in [7, 11) is 0. The molecule has 1 heterocycles. The van der Waals surface area contributed by atoms with E-state index in [-0.39, 0.29) is 5.41 Å². The van der Waals surface area contributed by atoms with Crippen molar-refractivity contribution in [3.8, 4) is 6.07 Å². The highest BCUT2D eigenvalue weighted by Gasteiger charge is 2.21. The van der Waals surface area contributed by atoms with Crippen LogP contribution in [0.4, 0.5) is 5.69 Å². The second-order valence-corrected chi connectivity index (χ2v) is 5.84. The highest BCUT2D eigenvalue weighted by molar-refractivity contribution is 5.52. The third kappa shape index (κ3) is 2.73. The normalized spacial score (nSPS) is 16.1. The number of hydrogen-bond donors (Lipinski definition) is 0. The van der Waals surface area contributed by atoms with Crippen LogP contribution in [0, 0.1) is 16.7 Å². The van der Waals surface area contributed by atoms with Gasteiger partial charge in [0, 0.05) is 18.8 Å². The van der Waals surface area contributed by atoms with Crippen molar-refractivity contribution in [1.82, 2.24) is 0 Å². The minimum Gasteiger partial charge on any atom is -0.367 e. The average Bonchev–Trinajstić information content (AvgIpc) is 2.38. The lowest BCUT2D eigenvalue weighted by Crippen LogP contribution is -2.31. The van der Waals surface area contributed by atoms with Gasteiger partial charge in [-0.15, -0.1) is 0 Å². The molecule has 2 rings (SSSR count). The van der Waals surface area contributed by atoms with Crippen LogP contribution in [0.1, 0.15) is 32.8 Å². The highest BCUT2D eigenvalue weighted by atomic mass is 15.1. The molecule has 1 aromatic rings. The van der Waals surface area contributed by atoms with Gasteiger partial charge in [-0.25, -0.2) is 0 Å². The number of anilines is 1. The van der Waals surface area contributed by atoms with Crippen molar-refractivity contribution in [2.45, 2.75) is 27.2 Å². The average molecular weight is 240 g/mol. The summed E-state index contributed by atoms with van der Waals surface area (Å²) in [4.78, 5) is 2.33. The quantitative estimate of drug-likeness (QED) is 0.699. The Bertz CT molecular complexity index is 501. The molecular formula is C16H20N2. The van der Waals surface area contributed by atoms with E-state index in [1.54, 1.807) is 0 Å². The van der Waals surface area contributed by atoms with Crippen molar-refractivity contribution in [2.24, 2.45) is 5.41 Å². The molecule has 0 amide bonds. The fourth-order valence-electron chi connectivity index (χ4n) is 2.36. The minimum absolute atomic E-state index is 0.278. The first-order valence-electron chi connectivity index (χ1n) is 6.45. The fraction of sp³-hybridized carbons (Fsp3) is 0.438. The Morgan fingerprint density at radius 3 is 2.61 bits per heavy atom. The molecule has 1 aliphatic heterocycles. The van der Waals surface area contributed by atoms with E-state index in [1.807, 2.05) is 18.2 Å². The van der Waals surface area contributed by atoms with Gasteiger partial charge in [-0.3, -0.25) is 0 Å². The summed E-state index contributed by atoms with van der Waals surface area (Å²) in [5.41, 5.74) is 3.70. The van der Waals surface area contributed by atoms with Gasteiger partial charge in [-0.1, -0.05) is 38.5 Å². The predicted molar refractivity (Wildman–Crippen MR) is 75.5 cm³/mol. The van der Waals surface area contributed by atoms with Gasteiger partial charge < -0.3 is 4.90 Å². The van der Waals surface area contributed by atoms with E-state index in [2.05, 4.69) is 43.9 Å². The molecule has 2 heteroatoms. The maximum absolute atomic E-state index is 8.93. The molecule has 0 spiro atoms. The van der Waals surface area contributed by atoms with Crippen molar-refractivity contribution >= 4 is 5.69 Å². The molecule has 0 atom stereocenters. The summed E-state index contributed by atoms with van der Waals surface area (Å²) in [5.74, 6) is 0. The number of nitrogens with zero attached hydrogens (tertiary/aromatic N) is 2. The van der Waals surface area contributed by atoms with E-state index in [4.69, 9.17) is 5.26 Å². The first-order chi connectivity index (χ1) is 8.50. The Balaban J connectivity index is 2.15. The summed E-state index contributed by atoms with van der Waals surface area (Å²) >= 11 is 0. The highest BCUT2D eigenvalue weighted by Crippen LogP contribution is 2.31. The Morgan fingerprint density at radius 1 is 1.28 bits per heavy atom. The Morgan fingerprint density at radius 2 is 2.06 bits per heavy atom. The Kier molecular flexibility index (Phi) is 3.43. The van der Waals surface area contributed by atoms with Crippen molar-refractivity contribution in [1.29, 1.82) is 5.26 Å². The van der Waals surface area contributed by atoms with Crippen molar-refractivity contribution in [3.05, 3.63) is 41.5 Å². The van der Waals surface area contributed by atoms with Crippen molar-refractivity contribution in [3.63, 3.8) is 0 Å². The zero-order valence-electron chi connectivity index (χ0n) is 11.4. The number of hydrogen-bond acceptors (Lipinski definition) is 2. The smallest absolute Gasteiger partial charge is 0.0992 e. The van der Waals surface area contributed by atoms with E-state index >= 15 is 0 Å². The van der Waals surface area contributed by atoms with Crippen molar-refractivity contribution < 1.29 is 0 Å². The number of nitriles is 1. The van der Waals surface area contributed by atoms with Gasteiger partial charge in [0.05, 0.1) is 11.6 Å². The molecule has 0 saturated carbocycles. The van der Waals surface area contributed by atoms with E-state index < -0.39 is 0 Å². The summed E-state index contributed by atoms with van der Waals surface area (Å²) in [6, 6.07) is 10.1. The standard InChI is InChI=1S/C16H20N2/c1-16(2,3)14-7-9-18(10-8-14)15-6-4-5-13(11-15)12-17/h4-7,11H,8-10H2,1-3H3. The minimum atomic E-state index is 0.278. The molecule has 0 aromatic heterocycles. The molecular weight excluding hydrogens is 220 g/mol. The third-order valence-electron chi connectivity index (χ3n) is 3.51. The zero-order chi connectivity index (χ0) is 13.2. The Labute approximate surface area is 110 Å². The molecule has 2 nitrogen and oxygen atoms in total. The first-order valence-corrected chi connectivity index (χ1v) is 6.45. The molecule has 1 aliphatic rings. The lowest BCUT2D eigenvalue weighted by molar-refractivity contribution is 0.472. The molecule has 0 fully saturated rings. The first kappa shape index (κ1) is 12.7.